The standard InChI is InChI=1S/C8H12.2CH4/c1-2-8-6-4-3-5-7-8;;/h4,6-7H,2-3,5H2,1H3;2*1H4. The van der Waals surface area contributed by atoms with Crippen LogP contribution in [0.25, 0.3) is 0 Å². The summed E-state index contributed by atoms with van der Waals surface area (Å²) >= 11 is 0. The fraction of sp³-hybridized carbons (Fsp3) is 0.600. The van der Waals surface area contributed by atoms with Crippen LogP contribution in [0.5, 0.6) is 0 Å². The average molecular weight is 140 g/mol. The second kappa shape index (κ2) is 6.60. The highest BCUT2D eigenvalue weighted by atomic mass is 14.0. The molecule has 0 fully saturated rings. The van der Waals surface area contributed by atoms with Crippen molar-refractivity contribution in [2.45, 2.75) is 41.0 Å². The summed E-state index contributed by atoms with van der Waals surface area (Å²) in [4.78, 5) is 0. The van der Waals surface area contributed by atoms with Crippen LogP contribution in [0.3, 0.4) is 0 Å². The first-order valence-electron chi connectivity index (χ1n) is 3.29. The van der Waals surface area contributed by atoms with Gasteiger partial charge in [0.25, 0.3) is 0 Å². The normalized spacial score (nSPS) is 14.7. The maximum atomic E-state index is 2.32. The smallest absolute Gasteiger partial charge is 0.0310 e. The van der Waals surface area contributed by atoms with E-state index in [1.165, 1.54) is 24.8 Å². The van der Waals surface area contributed by atoms with E-state index in [-0.39, 0.29) is 14.9 Å². The third kappa shape index (κ3) is 3.49. The minimum absolute atomic E-state index is 0. The van der Waals surface area contributed by atoms with Gasteiger partial charge in [0, 0.05) is 0 Å². The molecule has 0 nitrogen and oxygen atoms in total. The fourth-order valence-electron chi connectivity index (χ4n) is 0.930. The van der Waals surface area contributed by atoms with Crippen molar-refractivity contribution < 1.29 is 0 Å². The van der Waals surface area contributed by atoms with Crippen LogP contribution in [0.2, 0.25) is 0 Å². The Morgan fingerprint density at radius 2 is 2.00 bits per heavy atom. The predicted molar refractivity (Wildman–Crippen MR) is 50.2 cm³/mol. The van der Waals surface area contributed by atoms with E-state index in [4.69, 9.17) is 0 Å². The van der Waals surface area contributed by atoms with Gasteiger partial charge in [-0.1, -0.05) is 45.6 Å². The molecule has 0 bridgehead atoms. The lowest BCUT2D eigenvalue weighted by Gasteiger charge is -2.01. The third-order valence-corrected chi connectivity index (χ3v) is 1.48. The molecule has 10 heavy (non-hydrogen) atoms. The first kappa shape index (κ1) is 12.2. The number of hydrogen-bond acceptors (Lipinski definition) is 0. The highest BCUT2D eigenvalue weighted by Gasteiger charge is 1.90. The molecule has 0 radical (unpaired) electrons. The predicted octanol–water partition coefficient (Wildman–Crippen LogP) is 3.95. The summed E-state index contributed by atoms with van der Waals surface area (Å²) in [5, 5.41) is 0. The fourth-order valence-corrected chi connectivity index (χ4v) is 0.930. The summed E-state index contributed by atoms with van der Waals surface area (Å²) in [6.07, 6.45) is 10.5. The average Bonchev–Trinajstić information content (AvgIpc) is 1.90. The maximum absolute atomic E-state index is 2.32. The number of rotatable bonds is 1. The van der Waals surface area contributed by atoms with E-state index in [9.17, 15) is 0 Å². The first-order chi connectivity index (χ1) is 3.93. The van der Waals surface area contributed by atoms with Gasteiger partial charge in [-0.15, -0.1) is 0 Å². The van der Waals surface area contributed by atoms with Crippen LogP contribution in [0.15, 0.2) is 23.8 Å². The molecule has 1 rings (SSSR count). The van der Waals surface area contributed by atoms with Crippen LogP contribution in [-0.4, -0.2) is 0 Å². The van der Waals surface area contributed by atoms with Crippen LogP contribution in [0.1, 0.15) is 41.0 Å². The molecule has 0 aromatic carbocycles. The third-order valence-electron chi connectivity index (χ3n) is 1.48. The van der Waals surface area contributed by atoms with Crippen LogP contribution in [0.4, 0.5) is 0 Å². The molecule has 0 atom stereocenters. The Hall–Kier alpha value is -0.520. The molecule has 0 saturated carbocycles. The van der Waals surface area contributed by atoms with Gasteiger partial charge >= 0.3 is 0 Å². The Morgan fingerprint density at radius 1 is 1.30 bits per heavy atom. The summed E-state index contributed by atoms with van der Waals surface area (Å²) in [5.74, 6) is 0. The van der Waals surface area contributed by atoms with Gasteiger partial charge in [0.1, 0.15) is 0 Å². The van der Waals surface area contributed by atoms with Gasteiger partial charge in [0.15, 0.2) is 0 Å². The second-order valence-corrected chi connectivity index (χ2v) is 2.11. The largest absolute Gasteiger partial charge is 0.0840 e. The van der Waals surface area contributed by atoms with Crippen molar-refractivity contribution in [1.82, 2.24) is 0 Å². The zero-order valence-corrected chi connectivity index (χ0v) is 5.35. The highest BCUT2D eigenvalue weighted by Crippen LogP contribution is 2.11. The zero-order valence-electron chi connectivity index (χ0n) is 5.35. The summed E-state index contributed by atoms with van der Waals surface area (Å²) in [6.45, 7) is 2.20. The molecule has 1 aliphatic carbocycles. The van der Waals surface area contributed by atoms with Crippen molar-refractivity contribution in [3.63, 3.8) is 0 Å². The van der Waals surface area contributed by atoms with E-state index in [0.29, 0.717) is 0 Å². The minimum atomic E-state index is 0. The molecule has 0 amide bonds. The van der Waals surface area contributed by atoms with Crippen molar-refractivity contribution in [3.8, 4) is 0 Å². The lowest BCUT2D eigenvalue weighted by Crippen LogP contribution is -1.80. The second-order valence-electron chi connectivity index (χ2n) is 2.11. The quantitative estimate of drug-likeness (QED) is 0.517. The number of allylic oxidation sites excluding steroid dienone is 4. The molecule has 60 valence electrons. The molecule has 1 aliphatic rings. The molecule has 0 saturated heterocycles. The lowest BCUT2D eigenvalue weighted by molar-refractivity contribution is 0.984. The molecular weight excluding hydrogens is 120 g/mol. The lowest BCUT2D eigenvalue weighted by atomic mass is 10.1. The van der Waals surface area contributed by atoms with Crippen molar-refractivity contribution >= 4 is 0 Å². The highest BCUT2D eigenvalue weighted by molar-refractivity contribution is 5.21. The monoisotopic (exact) mass is 140 g/mol. The van der Waals surface area contributed by atoms with Crippen molar-refractivity contribution in [2.75, 3.05) is 0 Å². The zero-order chi connectivity index (χ0) is 5.82. The topological polar surface area (TPSA) is 0 Å². The Bertz CT molecular complexity index is 118. The van der Waals surface area contributed by atoms with Crippen LogP contribution in [0, 0.1) is 0 Å². The van der Waals surface area contributed by atoms with E-state index < -0.39 is 0 Å². The van der Waals surface area contributed by atoms with Gasteiger partial charge < -0.3 is 0 Å². The first-order valence-corrected chi connectivity index (χ1v) is 3.29. The van der Waals surface area contributed by atoms with Crippen LogP contribution in [-0.2, 0) is 0 Å². The van der Waals surface area contributed by atoms with Crippen LogP contribution < -0.4 is 0 Å². The maximum Gasteiger partial charge on any atom is -0.0310 e. The Morgan fingerprint density at radius 3 is 2.30 bits per heavy atom. The molecule has 0 heterocycles. The van der Waals surface area contributed by atoms with Gasteiger partial charge in [-0.2, -0.15) is 0 Å². The summed E-state index contributed by atoms with van der Waals surface area (Å²) in [6, 6.07) is 0. The SMILES string of the molecule is C.C.CCC1=CCCC=C1. The molecule has 0 aliphatic heterocycles. The minimum Gasteiger partial charge on any atom is -0.0840 e. The molecule has 0 aromatic heterocycles. The van der Waals surface area contributed by atoms with Crippen molar-refractivity contribution in [3.05, 3.63) is 23.8 Å². The Kier molecular flexibility index (Phi) is 8.04. The van der Waals surface area contributed by atoms with Crippen molar-refractivity contribution in [2.24, 2.45) is 0 Å². The van der Waals surface area contributed by atoms with Gasteiger partial charge in [0.2, 0.25) is 0 Å². The molecule has 0 aromatic rings. The molecule has 0 N–H and O–H groups in total. The molecule has 0 spiro atoms. The molecule has 0 heteroatoms. The van der Waals surface area contributed by atoms with E-state index >= 15 is 0 Å². The van der Waals surface area contributed by atoms with Crippen molar-refractivity contribution in [1.29, 1.82) is 0 Å². The summed E-state index contributed by atoms with van der Waals surface area (Å²) < 4.78 is 0. The van der Waals surface area contributed by atoms with E-state index in [1.54, 1.807) is 0 Å². The van der Waals surface area contributed by atoms with Gasteiger partial charge in [-0.3, -0.25) is 0 Å². The van der Waals surface area contributed by atoms with Gasteiger partial charge in [-0.05, 0) is 19.3 Å². The van der Waals surface area contributed by atoms with E-state index in [1.807, 2.05) is 0 Å². The Labute approximate surface area is 65.7 Å². The summed E-state index contributed by atoms with van der Waals surface area (Å²) in [5.41, 5.74) is 1.50. The molecule has 0 unspecified atom stereocenters. The van der Waals surface area contributed by atoms with E-state index in [0.717, 1.165) is 0 Å². The molecular formula is C10H20. The van der Waals surface area contributed by atoms with Gasteiger partial charge in [0.05, 0.1) is 0 Å². The van der Waals surface area contributed by atoms with Crippen LogP contribution >= 0.6 is 0 Å². The van der Waals surface area contributed by atoms with Gasteiger partial charge in [-0.25, -0.2) is 0 Å². The number of hydrogen-bond donors (Lipinski definition) is 0. The summed E-state index contributed by atoms with van der Waals surface area (Å²) in [7, 11) is 0. The Balaban J connectivity index is 0. The van der Waals surface area contributed by atoms with E-state index in [2.05, 4.69) is 25.2 Å².